The van der Waals surface area contributed by atoms with Gasteiger partial charge in [-0.15, -0.1) is 6.58 Å². The van der Waals surface area contributed by atoms with Crippen LogP contribution >= 0.6 is 0 Å². The fourth-order valence-electron chi connectivity index (χ4n) is 10.8. The first kappa shape index (κ1) is 52.4. The molecule has 3 aliphatic rings. The summed E-state index contributed by atoms with van der Waals surface area (Å²) in [6.07, 6.45) is 5.67. The van der Waals surface area contributed by atoms with Gasteiger partial charge in [0.15, 0.2) is 11.9 Å². The van der Waals surface area contributed by atoms with Gasteiger partial charge in [0.2, 0.25) is 0 Å². The SMILES string of the molecule is C=CCN(C)[C@@H]1C[C@H](C)O[C@H](O[C@@H]2[C@@H](C)[C@H](OC(=O)Cc3cccnc3)[C@@H](C)C(=O)O[C@H](CC)[C@@]3(C)OC(=O)N(CCCCn4cc(-c5ccco5)cn4)[C@@H]3[C@@H](C)C(=O)[C@H](C)C[C@@]2(C)OC)[C@H]1O. The fraction of sp³-hybridized carbons (Fsp3) is 0.647. The lowest BCUT2D eigenvalue weighted by molar-refractivity contribution is -0.302. The summed E-state index contributed by atoms with van der Waals surface area (Å²) in [7, 11) is 3.41. The van der Waals surface area contributed by atoms with E-state index in [2.05, 4.69) is 16.7 Å². The molecule has 0 spiro atoms. The highest BCUT2D eigenvalue weighted by Gasteiger charge is 2.60. The van der Waals surface area contributed by atoms with E-state index in [4.69, 9.17) is 32.8 Å². The van der Waals surface area contributed by atoms with Crippen LogP contribution < -0.4 is 0 Å². The molecule has 1 N–H and O–H groups in total. The minimum absolute atomic E-state index is 0.105. The van der Waals surface area contributed by atoms with Crippen LogP contribution in [0.5, 0.6) is 0 Å². The molecule has 3 saturated heterocycles. The number of fused-ring (bicyclic) bond motifs is 1. The van der Waals surface area contributed by atoms with E-state index in [1.165, 1.54) is 7.11 Å². The van der Waals surface area contributed by atoms with E-state index in [1.54, 1.807) is 75.7 Å². The zero-order valence-electron chi connectivity index (χ0n) is 41.4. The van der Waals surface area contributed by atoms with E-state index in [-0.39, 0.29) is 43.7 Å². The maximum absolute atomic E-state index is 15.0. The predicted octanol–water partition coefficient (Wildman–Crippen LogP) is 6.66. The van der Waals surface area contributed by atoms with Crippen molar-refractivity contribution in [2.75, 3.05) is 27.2 Å². The van der Waals surface area contributed by atoms with E-state index in [0.29, 0.717) is 43.7 Å². The van der Waals surface area contributed by atoms with Crippen molar-refractivity contribution in [2.45, 2.75) is 161 Å². The lowest BCUT2D eigenvalue weighted by Gasteiger charge is -2.48. The second-order valence-corrected chi connectivity index (χ2v) is 19.5. The summed E-state index contributed by atoms with van der Waals surface area (Å²) in [4.78, 5) is 65.6. The van der Waals surface area contributed by atoms with Crippen molar-refractivity contribution in [1.29, 1.82) is 0 Å². The Morgan fingerprint density at radius 2 is 1.81 bits per heavy atom. The maximum atomic E-state index is 15.0. The number of ether oxygens (including phenoxy) is 6. The molecule has 6 rings (SSSR count). The Morgan fingerprint density at radius 1 is 1.06 bits per heavy atom. The highest BCUT2D eigenvalue weighted by Crippen LogP contribution is 2.44. The minimum Gasteiger partial charge on any atom is -0.464 e. The molecule has 0 saturated carbocycles. The van der Waals surface area contributed by atoms with Crippen molar-refractivity contribution in [3.63, 3.8) is 0 Å². The molecule has 17 heteroatoms. The summed E-state index contributed by atoms with van der Waals surface area (Å²) < 4.78 is 46.0. The number of methoxy groups -OCH3 is 1. The first-order chi connectivity index (χ1) is 32.3. The number of rotatable bonds is 16. The summed E-state index contributed by atoms with van der Waals surface area (Å²) in [5.41, 5.74) is -1.30. The molecule has 0 radical (unpaired) electrons. The molecule has 14 atom stereocenters. The van der Waals surface area contributed by atoms with Gasteiger partial charge in [0, 0.05) is 69.1 Å². The van der Waals surface area contributed by atoms with Crippen LogP contribution in [0.2, 0.25) is 0 Å². The lowest BCUT2D eigenvalue weighted by atomic mass is 9.73. The Labute approximate surface area is 400 Å². The molecular weight excluding hydrogens is 875 g/mol. The summed E-state index contributed by atoms with van der Waals surface area (Å²) >= 11 is 0. The number of Topliss-reactive ketones (excluding diaryl/α,β-unsaturated/α-hetero) is 1. The molecule has 1 amide bonds. The third kappa shape index (κ3) is 11.6. The van der Waals surface area contributed by atoms with Gasteiger partial charge >= 0.3 is 18.0 Å². The number of furan rings is 1. The van der Waals surface area contributed by atoms with Gasteiger partial charge < -0.3 is 42.8 Å². The van der Waals surface area contributed by atoms with Gasteiger partial charge in [-0.1, -0.05) is 39.8 Å². The van der Waals surface area contributed by atoms with Crippen LogP contribution in [0, 0.1) is 23.7 Å². The number of hydrogen-bond acceptors (Lipinski definition) is 15. The molecule has 3 fully saturated rings. The number of carbonyl (C=O) groups is 4. The number of aliphatic hydroxyl groups excluding tert-OH is 1. The third-order valence-corrected chi connectivity index (χ3v) is 14.5. The summed E-state index contributed by atoms with van der Waals surface area (Å²) in [6.45, 7) is 19.6. The molecule has 3 aliphatic heterocycles. The molecule has 0 bridgehead atoms. The van der Waals surface area contributed by atoms with Crippen LogP contribution in [0.1, 0.15) is 93.1 Å². The van der Waals surface area contributed by atoms with E-state index in [9.17, 15) is 19.5 Å². The van der Waals surface area contributed by atoms with Gasteiger partial charge in [0.1, 0.15) is 29.9 Å². The number of hydrogen-bond donors (Lipinski definition) is 1. The highest BCUT2D eigenvalue weighted by molar-refractivity contribution is 5.85. The largest absolute Gasteiger partial charge is 0.464 e. The molecule has 0 aromatic carbocycles. The number of carbonyl (C=O) groups excluding carboxylic acids is 4. The molecule has 0 unspecified atom stereocenters. The van der Waals surface area contributed by atoms with Crippen LogP contribution in [-0.4, -0.2) is 141 Å². The van der Waals surface area contributed by atoms with E-state index in [1.807, 2.05) is 62.7 Å². The van der Waals surface area contributed by atoms with Gasteiger partial charge in [-0.2, -0.15) is 5.10 Å². The second kappa shape index (κ2) is 22.7. The van der Waals surface area contributed by atoms with Gasteiger partial charge in [-0.05, 0) is 90.6 Å². The zero-order chi connectivity index (χ0) is 49.5. The molecule has 3 aromatic heterocycles. The van der Waals surface area contributed by atoms with Crippen molar-refractivity contribution in [3.05, 3.63) is 73.5 Å². The van der Waals surface area contributed by atoms with E-state index in [0.717, 1.165) is 5.56 Å². The van der Waals surface area contributed by atoms with Gasteiger partial charge in [0.25, 0.3) is 0 Å². The Hall–Kier alpha value is -4.94. The normalized spacial score (nSPS) is 33.9. The van der Waals surface area contributed by atoms with Gasteiger partial charge in [-0.25, -0.2) is 4.79 Å². The average molecular weight is 948 g/mol. The number of unbranched alkanes of at least 4 members (excludes halogenated alkanes) is 1. The summed E-state index contributed by atoms with van der Waals surface area (Å²) in [6, 6.07) is 5.97. The van der Waals surface area contributed by atoms with Crippen LogP contribution in [0.15, 0.2) is 72.4 Å². The van der Waals surface area contributed by atoms with E-state index >= 15 is 4.79 Å². The number of cyclic esters (lactones) is 1. The van der Waals surface area contributed by atoms with Crippen LogP contribution in [-0.2, 0) is 55.8 Å². The Bertz CT molecular complexity index is 2150. The smallest absolute Gasteiger partial charge is 0.410 e. The number of likely N-dealkylation sites (N-methyl/N-ethyl adjacent to an activating group) is 1. The molecule has 68 heavy (non-hydrogen) atoms. The van der Waals surface area contributed by atoms with Gasteiger partial charge in [0.05, 0.1) is 54.2 Å². The summed E-state index contributed by atoms with van der Waals surface area (Å²) in [5.74, 6) is -4.19. The molecule has 17 nitrogen and oxygen atoms in total. The predicted molar refractivity (Wildman–Crippen MR) is 251 cm³/mol. The number of ketones is 1. The number of aromatic nitrogens is 3. The van der Waals surface area contributed by atoms with Crippen molar-refractivity contribution in [2.24, 2.45) is 23.7 Å². The Kier molecular flexibility index (Phi) is 17.5. The summed E-state index contributed by atoms with van der Waals surface area (Å²) in [5, 5.41) is 16.4. The highest BCUT2D eigenvalue weighted by atomic mass is 16.7. The number of aliphatic hydroxyl groups is 1. The van der Waals surface area contributed by atoms with Crippen molar-refractivity contribution in [1.82, 2.24) is 24.6 Å². The van der Waals surface area contributed by atoms with Crippen molar-refractivity contribution in [3.8, 4) is 11.3 Å². The second-order valence-electron chi connectivity index (χ2n) is 19.5. The fourth-order valence-corrected chi connectivity index (χ4v) is 10.8. The lowest BCUT2D eigenvalue weighted by Crippen LogP contribution is -2.61. The van der Waals surface area contributed by atoms with Crippen molar-refractivity contribution < 1.29 is 57.1 Å². The molecular formula is C51H73N5O12. The molecule has 3 aromatic rings. The zero-order valence-corrected chi connectivity index (χ0v) is 41.4. The minimum atomic E-state index is -1.45. The topological polar surface area (TPSA) is 194 Å². The number of pyridine rings is 1. The first-order valence-electron chi connectivity index (χ1n) is 24.1. The average Bonchev–Trinajstić information content (AvgIpc) is 4.08. The Morgan fingerprint density at radius 3 is 2.47 bits per heavy atom. The third-order valence-electron chi connectivity index (χ3n) is 14.5. The standard InChI is InChI=1S/C51H73N5O12/c1-12-21-54(10)38-25-32(4)64-48(43(38)59)67-46-34(6)44(66-41(57)26-36-18-16-20-52-28-36)35(7)47(60)65-40(13-2)51(9)45(33(5)42(58)31(3)27-50(46,8)62-11)56(49(61)68-51)23-15-14-22-55-30-37(29-53-55)39-19-17-24-63-39/h12,16-20,24,28-35,38,40,43-46,48,59H,1,13-15,21-23,25-27H2,2-11H3/t31-,32+,33+,34+,35-,38-,40-,43+,44+,45-,46-,48-,50-,51-/m1/s1. The monoisotopic (exact) mass is 948 g/mol. The van der Waals surface area contributed by atoms with Gasteiger partial charge in [-0.3, -0.25) is 28.9 Å². The maximum Gasteiger partial charge on any atom is 0.410 e. The van der Waals surface area contributed by atoms with E-state index < -0.39 is 89.7 Å². The number of esters is 2. The van der Waals surface area contributed by atoms with Crippen LogP contribution in [0.4, 0.5) is 4.79 Å². The molecule has 0 aliphatic carbocycles. The molecule has 374 valence electrons. The quantitative estimate of drug-likeness (QED) is 0.0693. The Balaban J connectivity index is 1.35. The van der Waals surface area contributed by atoms with Crippen LogP contribution in [0.3, 0.4) is 0 Å². The van der Waals surface area contributed by atoms with Crippen molar-refractivity contribution >= 4 is 23.8 Å². The number of aryl methyl sites for hydroxylation is 1. The van der Waals surface area contributed by atoms with Crippen LogP contribution in [0.25, 0.3) is 11.3 Å². The first-order valence-corrected chi connectivity index (χ1v) is 24.1. The number of nitrogens with zero attached hydrogens (tertiary/aromatic N) is 5. The number of amides is 1. The molecule has 6 heterocycles.